The van der Waals surface area contributed by atoms with Crippen molar-refractivity contribution >= 4 is 22.5 Å². The fourth-order valence-corrected chi connectivity index (χ4v) is 2.38. The number of pyridine rings is 1. The van der Waals surface area contributed by atoms with E-state index in [1.54, 1.807) is 18.3 Å². The summed E-state index contributed by atoms with van der Waals surface area (Å²) in [5, 5.41) is 3.91. The van der Waals surface area contributed by atoms with Crippen molar-refractivity contribution in [3.05, 3.63) is 66.4 Å². The molecule has 0 fully saturated rings. The van der Waals surface area contributed by atoms with E-state index in [0.717, 1.165) is 10.9 Å². The maximum Gasteiger partial charge on any atom is 0.255 e. The molecule has 4 nitrogen and oxygen atoms in total. The molecule has 4 heteroatoms. The topological polar surface area (TPSA) is 51.2 Å². The molecular formula is C19H18N2O2. The van der Waals surface area contributed by atoms with Crippen molar-refractivity contribution in [3.63, 3.8) is 0 Å². The number of rotatable bonds is 4. The van der Waals surface area contributed by atoms with E-state index in [9.17, 15) is 4.79 Å². The summed E-state index contributed by atoms with van der Waals surface area (Å²) in [6.07, 6.45) is 1.78. The van der Waals surface area contributed by atoms with Crippen LogP contribution in [-0.2, 0) is 0 Å². The summed E-state index contributed by atoms with van der Waals surface area (Å²) in [6, 6.07) is 16.7. The summed E-state index contributed by atoms with van der Waals surface area (Å²) in [6.45, 7) is 3.91. The van der Waals surface area contributed by atoms with Gasteiger partial charge in [0, 0.05) is 17.1 Å². The molecule has 2 aromatic carbocycles. The Morgan fingerprint density at radius 1 is 1.09 bits per heavy atom. The van der Waals surface area contributed by atoms with Gasteiger partial charge in [0.15, 0.2) is 0 Å². The van der Waals surface area contributed by atoms with Gasteiger partial charge in [0.05, 0.1) is 17.3 Å². The standard InChI is InChI=1S/C19H18N2O2/c1-13(2)23-16-9-3-7-15(12-16)19(22)21-17-10-4-6-14-8-5-11-20-18(14)17/h3-13H,1-2H3,(H,21,22). The first kappa shape index (κ1) is 15.0. The smallest absolute Gasteiger partial charge is 0.255 e. The van der Waals surface area contributed by atoms with Gasteiger partial charge in [-0.1, -0.05) is 24.3 Å². The zero-order chi connectivity index (χ0) is 16.2. The normalized spacial score (nSPS) is 10.7. The molecule has 116 valence electrons. The molecule has 0 saturated heterocycles. The van der Waals surface area contributed by atoms with Crippen LogP contribution in [0, 0.1) is 0 Å². The molecule has 1 N–H and O–H groups in total. The minimum absolute atomic E-state index is 0.0654. The fourth-order valence-electron chi connectivity index (χ4n) is 2.38. The van der Waals surface area contributed by atoms with Gasteiger partial charge in [0.2, 0.25) is 0 Å². The molecular weight excluding hydrogens is 288 g/mol. The Morgan fingerprint density at radius 2 is 1.87 bits per heavy atom. The van der Waals surface area contributed by atoms with E-state index in [4.69, 9.17) is 4.74 Å². The Labute approximate surface area is 135 Å². The van der Waals surface area contributed by atoms with Crippen molar-refractivity contribution in [2.45, 2.75) is 20.0 Å². The Bertz CT molecular complexity index is 838. The van der Waals surface area contributed by atoms with Crippen molar-refractivity contribution in [1.82, 2.24) is 4.98 Å². The quantitative estimate of drug-likeness (QED) is 0.783. The molecule has 0 aliphatic rings. The molecule has 0 unspecified atom stereocenters. The zero-order valence-electron chi connectivity index (χ0n) is 13.1. The number of aromatic nitrogens is 1. The number of ether oxygens (including phenoxy) is 1. The van der Waals surface area contributed by atoms with Gasteiger partial charge < -0.3 is 10.1 Å². The van der Waals surface area contributed by atoms with Crippen LogP contribution >= 0.6 is 0 Å². The predicted octanol–water partition coefficient (Wildman–Crippen LogP) is 4.27. The van der Waals surface area contributed by atoms with Gasteiger partial charge in [-0.3, -0.25) is 9.78 Å². The Balaban J connectivity index is 1.86. The largest absolute Gasteiger partial charge is 0.491 e. The maximum absolute atomic E-state index is 12.5. The monoisotopic (exact) mass is 306 g/mol. The van der Waals surface area contributed by atoms with E-state index in [2.05, 4.69) is 10.3 Å². The molecule has 3 rings (SSSR count). The van der Waals surface area contributed by atoms with Crippen LogP contribution in [0.3, 0.4) is 0 Å². The molecule has 0 atom stereocenters. The van der Waals surface area contributed by atoms with Gasteiger partial charge in [-0.05, 0) is 44.2 Å². The third-order valence-electron chi connectivity index (χ3n) is 3.35. The number of benzene rings is 2. The summed E-state index contributed by atoms with van der Waals surface area (Å²) in [5.74, 6) is 0.501. The van der Waals surface area contributed by atoms with E-state index < -0.39 is 0 Å². The number of para-hydroxylation sites is 1. The number of hydrogen-bond donors (Lipinski definition) is 1. The second-order valence-corrected chi connectivity index (χ2v) is 5.53. The fraction of sp³-hybridized carbons (Fsp3) is 0.158. The van der Waals surface area contributed by atoms with Gasteiger partial charge in [0.25, 0.3) is 5.91 Å². The molecule has 0 aliphatic carbocycles. The number of nitrogens with one attached hydrogen (secondary N) is 1. The number of anilines is 1. The van der Waals surface area contributed by atoms with Crippen LogP contribution in [0.15, 0.2) is 60.8 Å². The number of amides is 1. The van der Waals surface area contributed by atoms with Crippen LogP contribution in [0.2, 0.25) is 0 Å². The van der Waals surface area contributed by atoms with E-state index in [1.165, 1.54) is 0 Å². The average molecular weight is 306 g/mol. The molecule has 0 spiro atoms. The summed E-state index contributed by atoms with van der Waals surface area (Å²) in [7, 11) is 0. The second kappa shape index (κ2) is 6.48. The van der Waals surface area contributed by atoms with Crippen molar-refractivity contribution in [2.24, 2.45) is 0 Å². The zero-order valence-corrected chi connectivity index (χ0v) is 13.1. The van der Waals surface area contributed by atoms with Crippen molar-refractivity contribution in [2.75, 3.05) is 5.32 Å². The summed E-state index contributed by atoms with van der Waals surface area (Å²) in [4.78, 5) is 16.8. The maximum atomic E-state index is 12.5. The highest BCUT2D eigenvalue weighted by atomic mass is 16.5. The molecule has 3 aromatic rings. The summed E-state index contributed by atoms with van der Waals surface area (Å²) >= 11 is 0. The summed E-state index contributed by atoms with van der Waals surface area (Å²) < 4.78 is 5.63. The Kier molecular flexibility index (Phi) is 4.24. The SMILES string of the molecule is CC(C)Oc1cccc(C(=O)Nc2cccc3cccnc23)c1. The number of fused-ring (bicyclic) bond motifs is 1. The van der Waals surface area contributed by atoms with Crippen LogP contribution in [0.5, 0.6) is 5.75 Å². The summed E-state index contributed by atoms with van der Waals surface area (Å²) in [5.41, 5.74) is 2.03. The van der Waals surface area contributed by atoms with Crippen LogP contribution < -0.4 is 10.1 Å². The van der Waals surface area contributed by atoms with E-state index in [-0.39, 0.29) is 12.0 Å². The highest BCUT2D eigenvalue weighted by Crippen LogP contribution is 2.22. The van der Waals surface area contributed by atoms with Crippen LogP contribution in [-0.4, -0.2) is 17.0 Å². The van der Waals surface area contributed by atoms with Crippen molar-refractivity contribution in [3.8, 4) is 5.75 Å². The van der Waals surface area contributed by atoms with E-state index in [1.807, 2.05) is 56.3 Å². The van der Waals surface area contributed by atoms with Gasteiger partial charge in [0.1, 0.15) is 5.75 Å². The molecule has 0 bridgehead atoms. The highest BCUT2D eigenvalue weighted by molar-refractivity contribution is 6.08. The predicted molar refractivity (Wildman–Crippen MR) is 91.9 cm³/mol. The molecule has 1 aromatic heterocycles. The molecule has 0 radical (unpaired) electrons. The lowest BCUT2D eigenvalue weighted by atomic mass is 10.1. The van der Waals surface area contributed by atoms with Crippen LogP contribution in [0.1, 0.15) is 24.2 Å². The first-order chi connectivity index (χ1) is 11.1. The van der Waals surface area contributed by atoms with Gasteiger partial charge in [-0.25, -0.2) is 0 Å². The third kappa shape index (κ3) is 3.48. The van der Waals surface area contributed by atoms with E-state index in [0.29, 0.717) is 17.0 Å². The van der Waals surface area contributed by atoms with Crippen LogP contribution in [0.4, 0.5) is 5.69 Å². The minimum Gasteiger partial charge on any atom is -0.491 e. The van der Waals surface area contributed by atoms with Gasteiger partial charge in [-0.15, -0.1) is 0 Å². The number of carbonyl (C=O) groups is 1. The average Bonchev–Trinajstić information content (AvgIpc) is 2.55. The Hall–Kier alpha value is -2.88. The molecule has 23 heavy (non-hydrogen) atoms. The lowest BCUT2D eigenvalue weighted by Gasteiger charge is -2.11. The molecule has 1 amide bonds. The van der Waals surface area contributed by atoms with Crippen molar-refractivity contribution < 1.29 is 9.53 Å². The van der Waals surface area contributed by atoms with Crippen molar-refractivity contribution in [1.29, 1.82) is 0 Å². The lowest BCUT2D eigenvalue weighted by molar-refractivity contribution is 0.102. The second-order valence-electron chi connectivity index (χ2n) is 5.53. The molecule has 0 aliphatic heterocycles. The van der Waals surface area contributed by atoms with E-state index >= 15 is 0 Å². The van der Waals surface area contributed by atoms with Gasteiger partial charge in [-0.2, -0.15) is 0 Å². The lowest BCUT2D eigenvalue weighted by Crippen LogP contribution is -2.13. The van der Waals surface area contributed by atoms with Gasteiger partial charge >= 0.3 is 0 Å². The first-order valence-electron chi connectivity index (χ1n) is 7.55. The first-order valence-corrected chi connectivity index (χ1v) is 7.55. The highest BCUT2D eigenvalue weighted by Gasteiger charge is 2.10. The number of carbonyl (C=O) groups excluding carboxylic acids is 1. The van der Waals surface area contributed by atoms with Crippen LogP contribution in [0.25, 0.3) is 10.9 Å². The minimum atomic E-state index is -0.183. The third-order valence-corrected chi connectivity index (χ3v) is 3.35. The molecule has 0 saturated carbocycles. The molecule has 1 heterocycles. The number of hydrogen-bond acceptors (Lipinski definition) is 3. The number of nitrogens with zero attached hydrogens (tertiary/aromatic N) is 1. The Morgan fingerprint density at radius 3 is 2.70 bits per heavy atom.